The molecule has 1 aromatic rings. The van der Waals surface area contributed by atoms with Crippen molar-refractivity contribution in [3.63, 3.8) is 0 Å². The number of aliphatic imine (C=N–C) groups is 1. The SMILES string of the molecule is CN=C(NCCc1csc(N2CCCC2)n1)NC1CCN(CC(F)(F)F)C1. The number of guanidine groups is 1. The number of anilines is 1. The van der Waals surface area contributed by atoms with Gasteiger partial charge < -0.3 is 15.5 Å². The highest BCUT2D eigenvalue weighted by atomic mass is 32.1. The first-order valence-electron chi connectivity index (χ1n) is 9.38. The zero-order valence-electron chi connectivity index (χ0n) is 15.6. The number of likely N-dealkylation sites (tertiary alicyclic amines) is 1. The second-order valence-corrected chi connectivity index (χ2v) is 7.88. The summed E-state index contributed by atoms with van der Waals surface area (Å²) in [5.74, 6) is 0.629. The van der Waals surface area contributed by atoms with E-state index in [1.54, 1.807) is 18.4 Å². The highest BCUT2D eigenvalue weighted by Crippen LogP contribution is 2.24. The molecule has 0 radical (unpaired) electrons. The molecule has 6 nitrogen and oxygen atoms in total. The van der Waals surface area contributed by atoms with Gasteiger partial charge in [-0.1, -0.05) is 0 Å². The standard InChI is InChI=1S/C17H27F3N6S/c1-21-15(23-13-5-9-25(10-13)12-17(18,19)20)22-6-4-14-11-27-16(24-14)26-7-2-3-8-26/h11,13H,2-10,12H2,1H3,(H2,21,22,23). The van der Waals surface area contributed by atoms with Crippen molar-refractivity contribution in [1.82, 2.24) is 20.5 Å². The Morgan fingerprint density at radius 2 is 2.11 bits per heavy atom. The predicted molar refractivity (Wildman–Crippen MR) is 103 cm³/mol. The van der Waals surface area contributed by atoms with Gasteiger partial charge in [0.2, 0.25) is 0 Å². The van der Waals surface area contributed by atoms with Gasteiger partial charge in [-0.05, 0) is 19.3 Å². The zero-order valence-corrected chi connectivity index (χ0v) is 16.4. The molecule has 3 heterocycles. The molecule has 10 heteroatoms. The van der Waals surface area contributed by atoms with Crippen molar-refractivity contribution < 1.29 is 13.2 Å². The van der Waals surface area contributed by atoms with E-state index in [0.717, 1.165) is 30.3 Å². The fraction of sp³-hybridized carbons (Fsp3) is 0.765. The van der Waals surface area contributed by atoms with Crippen molar-refractivity contribution in [3.05, 3.63) is 11.1 Å². The third-order valence-corrected chi connectivity index (χ3v) is 5.78. The molecule has 2 fully saturated rings. The molecule has 0 bridgehead atoms. The maximum atomic E-state index is 12.5. The van der Waals surface area contributed by atoms with Crippen LogP contribution in [0.5, 0.6) is 0 Å². The quantitative estimate of drug-likeness (QED) is 0.562. The van der Waals surface area contributed by atoms with Crippen LogP contribution in [-0.2, 0) is 6.42 Å². The third kappa shape index (κ3) is 6.24. The first-order valence-corrected chi connectivity index (χ1v) is 10.3. The molecule has 2 aliphatic heterocycles. The molecular formula is C17H27F3N6S. The lowest BCUT2D eigenvalue weighted by atomic mass is 10.3. The summed E-state index contributed by atoms with van der Waals surface area (Å²) in [5, 5.41) is 9.65. The lowest BCUT2D eigenvalue weighted by Gasteiger charge is -2.19. The average Bonchev–Trinajstić information content (AvgIpc) is 3.34. The highest BCUT2D eigenvalue weighted by Gasteiger charge is 2.34. The van der Waals surface area contributed by atoms with Crippen LogP contribution in [0.3, 0.4) is 0 Å². The fourth-order valence-electron chi connectivity index (χ4n) is 3.51. The number of thiazole rings is 1. The molecule has 0 spiro atoms. The molecule has 27 heavy (non-hydrogen) atoms. The molecule has 1 unspecified atom stereocenters. The Bertz CT molecular complexity index is 626. The van der Waals surface area contributed by atoms with Crippen LogP contribution < -0.4 is 15.5 Å². The number of halogens is 3. The Morgan fingerprint density at radius 1 is 1.33 bits per heavy atom. The van der Waals surface area contributed by atoms with Gasteiger partial charge in [0.1, 0.15) is 0 Å². The van der Waals surface area contributed by atoms with Crippen molar-refractivity contribution in [3.8, 4) is 0 Å². The Hall–Kier alpha value is -1.55. The number of nitrogens with zero attached hydrogens (tertiary/aromatic N) is 4. The Balaban J connectivity index is 1.38. The Labute approximate surface area is 161 Å². The smallest absolute Gasteiger partial charge is 0.356 e. The predicted octanol–water partition coefficient (Wildman–Crippen LogP) is 2.09. The van der Waals surface area contributed by atoms with E-state index in [-0.39, 0.29) is 6.04 Å². The van der Waals surface area contributed by atoms with Crippen molar-refractivity contribution in [2.45, 2.75) is 37.9 Å². The molecule has 1 atom stereocenters. The van der Waals surface area contributed by atoms with Gasteiger partial charge in [-0.15, -0.1) is 11.3 Å². The van der Waals surface area contributed by atoms with Gasteiger partial charge in [-0.2, -0.15) is 13.2 Å². The van der Waals surface area contributed by atoms with Gasteiger partial charge in [0.25, 0.3) is 0 Å². The molecule has 0 saturated carbocycles. The number of hydrogen-bond acceptors (Lipinski definition) is 5. The second-order valence-electron chi connectivity index (χ2n) is 7.04. The van der Waals surface area contributed by atoms with Crippen LogP contribution in [0.1, 0.15) is 25.0 Å². The lowest BCUT2D eigenvalue weighted by molar-refractivity contribution is -0.143. The Kier molecular flexibility index (Phi) is 6.80. The maximum absolute atomic E-state index is 12.5. The van der Waals surface area contributed by atoms with Gasteiger partial charge in [0.05, 0.1) is 12.2 Å². The molecule has 2 aliphatic rings. The van der Waals surface area contributed by atoms with Gasteiger partial charge in [0.15, 0.2) is 11.1 Å². The molecule has 3 rings (SSSR count). The van der Waals surface area contributed by atoms with Crippen LogP contribution in [-0.4, -0.2) is 74.4 Å². The molecule has 1 aromatic heterocycles. The minimum atomic E-state index is -4.14. The van der Waals surface area contributed by atoms with Gasteiger partial charge in [-0.3, -0.25) is 9.89 Å². The zero-order chi connectivity index (χ0) is 19.3. The molecule has 2 N–H and O–H groups in total. The molecular weight excluding hydrogens is 377 g/mol. The summed E-state index contributed by atoms with van der Waals surface area (Å²) in [4.78, 5) is 12.6. The van der Waals surface area contributed by atoms with Crippen molar-refractivity contribution in [2.75, 3.05) is 51.2 Å². The number of hydrogen-bond donors (Lipinski definition) is 2. The number of aromatic nitrogens is 1. The van der Waals surface area contributed by atoms with Crippen LogP contribution in [0.15, 0.2) is 10.4 Å². The summed E-state index contributed by atoms with van der Waals surface area (Å²) in [6, 6.07) is -0.0143. The van der Waals surface area contributed by atoms with E-state index in [4.69, 9.17) is 4.98 Å². The van der Waals surface area contributed by atoms with Crippen molar-refractivity contribution >= 4 is 22.4 Å². The van der Waals surface area contributed by atoms with E-state index in [1.165, 1.54) is 17.7 Å². The van der Waals surface area contributed by atoms with Crippen LogP contribution in [0, 0.1) is 0 Å². The second kappa shape index (κ2) is 9.09. The number of nitrogens with one attached hydrogen (secondary N) is 2. The van der Waals surface area contributed by atoms with E-state index in [9.17, 15) is 13.2 Å². The van der Waals surface area contributed by atoms with Crippen LogP contribution in [0.2, 0.25) is 0 Å². The molecule has 0 aromatic carbocycles. The first-order chi connectivity index (χ1) is 12.9. The van der Waals surface area contributed by atoms with Gasteiger partial charge in [-0.25, -0.2) is 4.98 Å². The van der Waals surface area contributed by atoms with Gasteiger partial charge >= 0.3 is 6.18 Å². The largest absolute Gasteiger partial charge is 0.401 e. The van der Waals surface area contributed by atoms with Crippen molar-refractivity contribution in [2.24, 2.45) is 4.99 Å². The van der Waals surface area contributed by atoms with Crippen molar-refractivity contribution in [1.29, 1.82) is 0 Å². The minimum Gasteiger partial charge on any atom is -0.356 e. The lowest BCUT2D eigenvalue weighted by Crippen LogP contribution is -2.45. The number of rotatable bonds is 6. The van der Waals surface area contributed by atoms with E-state index in [1.807, 2.05) is 0 Å². The number of alkyl halides is 3. The van der Waals surface area contributed by atoms with E-state index >= 15 is 0 Å². The summed E-state index contributed by atoms with van der Waals surface area (Å²) >= 11 is 1.69. The average molecular weight is 405 g/mol. The molecule has 2 saturated heterocycles. The molecule has 0 amide bonds. The van der Waals surface area contributed by atoms with Crippen LogP contribution >= 0.6 is 11.3 Å². The van der Waals surface area contributed by atoms with Crippen LogP contribution in [0.25, 0.3) is 0 Å². The Morgan fingerprint density at radius 3 is 2.81 bits per heavy atom. The summed E-state index contributed by atoms with van der Waals surface area (Å²) in [5.41, 5.74) is 1.06. The molecule has 152 valence electrons. The summed E-state index contributed by atoms with van der Waals surface area (Å²) in [6.07, 6.45) is -0.200. The summed E-state index contributed by atoms with van der Waals surface area (Å²) in [6.45, 7) is 2.85. The van der Waals surface area contributed by atoms with Gasteiger partial charge in [0, 0.05) is 57.6 Å². The topological polar surface area (TPSA) is 55.8 Å². The summed E-state index contributed by atoms with van der Waals surface area (Å²) in [7, 11) is 1.67. The minimum absolute atomic E-state index is 0.0143. The van der Waals surface area contributed by atoms with E-state index < -0.39 is 12.7 Å². The highest BCUT2D eigenvalue weighted by molar-refractivity contribution is 7.13. The molecule has 0 aliphatic carbocycles. The third-order valence-electron chi connectivity index (χ3n) is 4.83. The maximum Gasteiger partial charge on any atom is 0.401 e. The van der Waals surface area contributed by atoms with E-state index in [2.05, 4.69) is 25.9 Å². The fourth-order valence-corrected chi connectivity index (χ4v) is 4.42. The first kappa shape index (κ1) is 20.2. The van der Waals surface area contributed by atoms with E-state index in [0.29, 0.717) is 32.0 Å². The monoisotopic (exact) mass is 404 g/mol. The normalized spacial score (nSPS) is 21.9. The summed E-state index contributed by atoms with van der Waals surface area (Å²) < 4.78 is 37.5. The van der Waals surface area contributed by atoms with Crippen LogP contribution in [0.4, 0.5) is 18.3 Å².